The number of rotatable bonds is 3. The van der Waals surface area contributed by atoms with Gasteiger partial charge in [-0.2, -0.15) is 0 Å². The van der Waals surface area contributed by atoms with E-state index in [-0.39, 0.29) is 33.9 Å². The van der Waals surface area contributed by atoms with Crippen molar-refractivity contribution in [2.75, 3.05) is 14.7 Å². The van der Waals surface area contributed by atoms with Crippen LogP contribution in [0.25, 0.3) is 0 Å². The average molecular weight is 812 g/mol. The van der Waals surface area contributed by atoms with Crippen LogP contribution in [-0.2, 0) is 36.5 Å². The highest BCUT2D eigenvalue weighted by atomic mass is 15.3. The number of hydrogen-bond acceptors (Lipinski definition) is 3. The van der Waals surface area contributed by atoms with Crippen LogP contribution in [0.2, 0.25) is 0 Å². The molecule has 6 aromatic rings. The topological polar surface area (TPSA) is 9.72 Å². The molecule has 3 heterocycles. The third kappa shape index (κ3) is 5.37. The molecule has 4 heteroatoms. The fraction of sp³-hybridized carbons (Fsp3) is 0.379. The van der Waals surface area contributed by atoms with Gasteiger partial charge in [0.1, 0.15) is 0 Å². The van der Waals surface area contributed by atoms with Gasteiger partial charge in [-0.05, 0) is 166 Å². The zero-order valence-electron chi connectivity index (χ0n) is 38.5. The average Bonchev–Trinajstić information content (AvgIpc) is 3.79. The van der Waals surface area contributed by atoms with Crippen molar-refractivity contribution in [3.8, 4) is 0 Å². The molecule has 1 fully saturated rings. The quantitative estimate of drug-likeness (QED) is 0.165. The van der Waals surface area contributed by atoms with E-state index in [0.717, 1.165) is 25.7 Å². The van der Waals surface area contributed by atoms with E-state index >= 15 is 0 Å². The SMILES string of the molecule is CC1(C)Cc2ccc(N3c4cc5c(cc4B4c6ccccc6N(c6ccccc6)c6cc(N7c8ccc(C(C)(C)C)cc8C8(C)CCCCC78C)cc3c64)CC(C)(C)C5)cc2C1. The Morgan fingerprint density at radius 2 is 1.11 bits per heavy atom. The Labute approximate surface area is 371 Å². The summed E-state index contributed by atoms with van der Waals surface area (Å²) in [4.78, 5) is 8.14. The van der Waals surface area contributed by atoms with Crippen LogP contribution < -0.4 is 31.1 Å². The van der Waals surface area contributed by atoms with Crippen molar-refractivity contribution in [2.24, 2.45) is 10.8 Å². The molecule has 0 spiro atoms. The van der Waals surface area contributed by atoms with Crippen molar-refractivity contribution in [2.45, 2.75) is 130 Å². The molecule has 2 unspecified atom stereocenters. The molecule has 0 amide bonds. The lowest BCUT2D eigenvalue weighted by Crippen LogP contribution is -2.61. The van der Waals surface area contributed by atoms with E-state index in [4.69, 9.17) is 0 Å². The summed E-state index contributed by atoms with van der Waals surface area (Å²) in [5.74, 6) is 0. The fourth-order valence-electron chi connectivity index (χ4n) is 13.5. The predicted octanol–water partition coefficient (Wildman–Crippen LogP) is 13.1. The minimum atomic E-state index is -0.0858. The molecule has 3 aliphatic carbocycles. The molecule has 3 aliphatic heterocycles. The molecule has 312 valence electrons. The van der Waals surface area contributed by atoms with E-state index in [2.05, 4.69) is 192 Å². The van der Waals surface area contributed by atoms with Gasteiger partial charge in [-0.15, -0.1) is 0 Å². The first-order chi connectivity index (χ1) is 29.5. The van der Waals surface area contributed by atoms with Crippen LogP contribution in [0, 0.1) is 10.8 Å². The van der Waals surface area contributed by atoms with Crippen molar-refractivity contribution >= 4 is 68.6 Å². The van der Waals surface area contributed by atoms with Crippen LogP contribution in [0.5, 0.6) is 0 Å². The molecule has 0 N–H and O–H groups in total. The van der Waals surface area contributed by atoms with Gasteiger partial charge in [0.15, 0.2) is 0 Å². The second-order valence-corrected chi connectivity index (χ2v) is 23.2. The van der Waals surface area contributed by atoms with E-state index in [1.165, 1.54) is 121 Å². The molecule has 6 aliphatic rings. The zero-order chi connectivity index (χ0) is 42.7. The van der Waals surface area contributed by atoms with Crippen molar-refractivity contribution in [1.82, 2.24) is 0 Å². The molecular weight excluding hydrogens is 749 g/mol. The summed E-state index contributed by atoms with van der Waals surface area (Å²) >= 11 is 0. The van der Waals surface area contributed by atoms with Crippen molar-refractivity contribution in [3.63, 3.8) is 0 Å². The standard InChI is InChI=1S/C58H62BN3/c1-54(2,3)41-22-24-48-45(30-41)57(8)25-15-16-26-58(57,9)62(48)44-31-51-53-52(32-44)61(43-23-21-37-33-55(4,5)34-38(37)27-43)50-29-40-36-56(6,7)35-39(40)28-47(50)59(53)46-19-13-14-20-49(46)60(51)42-17-11-10-12-18-42/h10-14,17-24,27-32H,15-16,25-26,33-36H2,1-9H3. The first-order valence-electron chi connectivity index (χ1n) is 23.7. The minimum absolute atomic E-state index is 0.0235. The van der Waals surface area contributed by atoms with Crippen molar-refractivity contribution in [1.29, 1.82) is 0 Å². The van der Waals surface area contributed by atoms with Gasteiger partial charge >= 0.3 is 0 Å². The summed E-state index contributed by atoms with van der Waals surface area (Å²) in [5.41, 5.74) is 24.2. The molecule has 2 atom stereocenters. The van der Waals surface area contributed by atoms with Crippen LogP contribution in [0.4, 0.5) is 45.5 Å². The van der Waals surface area contributed by atoms with Gasteiger partial charge < -0.3 is 14.7 Å². The number of benzene rings is 6. The van der Waals surface area contributed by atoms with Crippen LogP contribution in [0.1, 0.15) is 121 Å². The summed E-state index contributed by atoms with van der Waals surface area (Å²) in [5, 5.41) is 0. The van der Waals surface area contributed by atoms with E-state index in [1.807, 2.05) is 0 Å². The maximum Gasteiger partial charge on any atom is 0.252 e. The summed E-state index contributed by atoms with van der Waals surface area (Å²) in [6, 6.07) is 46.0. The Hall–Kier alpha value is -5.22. The van der Waals surface area contributed by atoms with E-state index in [1.54, 1.807) is 0 Å². The van der Waals surface area contributed by atoms with Gasteiger partial charge in [0.05, 0.1) is 5.54 Å². The molecule has 6 aromatic carbocycles. The van der Waals surface area contributed by atoms with Gasteiger partial charge in [0, 0.05) is 50.9 Å². The van der Waals surface area contributed by atoms with E-state index in [0.29, 0.717) is 0 Å². The zero-order valence-corrected chi connectivity index (χ0v) is 38.5. The lowest BCUT2D eigenvalue weighted by atomic mass is 9.33. The Bertz CT molecular complexity index is 2860. The largest absolute Gasteiger partial charge is 0.334 e. The summed E-state index contributed by atoms with van der Waals surface area (Å²) in [6.07, 6.45) is 9.38. The highest BCUT2D eigenvalue weighted by molar-refractivity contribution is 7.00. The first-order valence-corrected chi connectivity index (χ1v) is 23.7. The smallest absolute Gasteiger partial charge is 0.252 e. The summed E-state index contributed by atoms with van der Waals surface area (Å²) < 4.78 is 0. The van der Waals surface area contributed by atoms with Crippen molar-refractivity contribution in [3.05, 3.63) is 149 Å². The van der Waals surface area contributed by atoms with Crippen LogP contribution >= 0.6 is 0 Å². The molecule has 62 heavy (non-hydrogen) atoms. The van der Waals surface area contributed by atoms with E-state index in [9.17, 15) is 0 Å². The lowest BCUT2D eigenvalue weighted by molar-refractivity contribution is 0.195. The third-order valence-electron chi connectivity index (χ3n) is 16.6. The Morgan fingerprint density at radius 1 is 0.484 bits per heavy atom. The Balaban J connectivity index is 1.18. The van der Waals surface area contributed by atoms with E-state index < -0.39 is 0 Å². The third-order valence-corrected chi connectivity index (χ3v) is 16.6. The number of nitrogens with zero attached hydrogens (tertiary/aromatic N) is 3. The number of anilines is 8. The monoisotopic (exact) mass is 812 g/mol. The molecule has 0 bridgehead atoms. The molecule has 1 saturated carbocycles. The predicted molar refractivity (Wildman–Crippen MR) is 264 cm³/mol. The Morgan fingerprint density at radius 3 is 1.84 bits per heavy atom. The lowest BCUT2D eigenvalue weighted by Gasteiger charge is -2.51. The second-order valence-electron chi connectivity index (χ2n) is 23.2. The van der Waals surface area contributed by atoms with Gasteiger partial charge in [0.2, 0.25) is 0 Å². The highest BCUT2D eigenvalue weighted by Crippen LogP contribution is 2.62. The molecule has 0 saturated heterocycles. The minimum Gasteiger partial charge on any atom is -0.334 e. The van der Waals surface area contributed by atoms with Gasteiger partial charge in [-0.1, -0.05) is 129 Å². The molecule has 0 radical (unpaired) electrons. The maximum atomic E-state index is 2.83. The fourth-order valence-corrected chi connectivity index (χ4v) is 13.5. The van der Waals surface area contributed by atoms with Crippen LogP contribution in [0.15, 0.2) is 115 Å². The second kappa shape index (κ2) is 12.7. The van der Waals surface area contributed by atoms with Crippen LogP contribution in [-0.4, -0.2) is 12.3 Å². The number of para-hydroxylation sites is 2. The molecule has 0 aromatic heterocycles. The number of fused-ring (bicyclic) bond motifs is 9. The Kier molecular flexibility index (Phi) is 7.88. The van der Waals surface area contributed by atoms with Gasteiger partial charge in [-0.3, -0.25) is 0 Å². The highest BCUT2D eigenvalue weighted by Gasteiger charge is 2.58. The first kappa shape index (κ1) is 38.5. The summed E-state index contributed by atoms with van der Waals surface area (Å²) in [6.45, 7) is 22.2. The van der Waals surface area contributed by atoms with Gasteiger partial charge in [0.25, 0.3) is 6.71 Å². The molecular formula is C58H62BN3. The molecule has 12 rings (SSSR count). The molecule has 3 nitrogen and oxygen atoms in total. The summed E-state index contributed by atoms with van der Waals surface area (Å²) in [7, 11) is 0. The van der Waals surface area contributed by atoms with Gasteiger partial charge in [-0.25, -0.2) is 0 Å². The van der Waals surface area contributed by atoms with Crippen molar-refractivity contribution < 1.29 is 0 Å². The maximum absolute atomic E-state index is 2.83. The normalized spacial score (nSPS) is 23.3. The van der Waals surface area contributed by atoms with Crippen LogP contribution in [0.3, 0.4) is 0 Å². The number of hydrogen-bond donors (Lipinski definition) is 0.